The van der Waals surface area contributed by atoms with E-state index in [4.69, 9.17) is 10.4 Å². The molecule has 0 saturated heterocycles. The highest BCUT2D eigenvalue weighted by Crippen LogP contribution is 2.49. The summed E-state index contributed by atoms with van der Waals surface area (Å²) in [6.45, 7) is 5.53. The van der Waals surface area contributed by atoms with E-state index in [1.165, 1.54) is 0 Å². The predicted molar refractivity (Wildman–Crippen MR) is 40.9 cm³/mol. The molecule has 62 valence electrons. The molecule has 0 amide bonds. The van der Waals surface area contributed by atoms with Gasteiger partial charge in [0, 0.05) is 6.57 Å². The van der Waals surface area contributed by atoms with Crippen LogP contribution in [-0.4, -0.2) is 11.1 Å². The van der Waals surface area contributed by atoms with Crippen molar-refractivity contribution < 1.29 is 9.90 Å². The van der Waals surface area contributed by atoms with Gasteiger partial charge in [-0.3, -0.25) is 4.79 Å². The summed E-state index contributed by atoms with van der Waals surface area (Å²) in [4.78, 5) is 10.5. The fourth-order valence-corrected chi connectivity index (χ4v) is 1.20. The molecule has 1 aliphatic carbocycles. The zero-order valence-electron chi connectivity index (χ0n) is 6.71. The van der Waals surface area contributed by atoms with Crippen LogP contribution in [0.5, 0.6) is 0 Å². The zero-order valence-corrected chi connectivity index (χ0v) is 6.71. The first-order valence-corrected chi connectivity index (χ1v) is 3.70. The summed E-state index contributed by atoms with van der Waals surface area (Å²) in [6, 6.07) is 0. The topological polar surface area (TPSA) is 61.1 Å². The van der Waals surface area contributed by atoms with E-state index in [2.05, 4.69) is 6.57 Å². The molecule has 1 N–H and O–H groups in total. The Morgan fingerprint density at radius 2 is 2.09 bits per heavy atom. The summed E-state index contributed by atoms with van der Waals surface area (Å²) < 4.78 is 0. The molecule has 0 heterocycles. The molecular formula is C8H13NO2. The first-order valence-electron chi connectivity index (χ1n) is 3.70. The van der Waals surface area contributed by atoms with Crippen molar-refractivity contribution in [1.29, 1.82) is 5.26 Å². The van der Waals surface area contributed by atoms with Gasteiger partial charge in [-0.2, -0.15) is 0 Å². The van der Waals surface area contributed by atoms with Crippen molar-refractivity contribution in [2.45, 2.75) is 32.6 Å². The van der Waals surface area contributed by atoms with Gasteiger partial charge in [0.25, 0.3) is 0 Å². The smallest absolute Gasteiger partial charge is 0.309 e. The third-order valence-corrected chi connectivity index (χ3v) is 2.04. The van der Waals surface area contributed by atoms with E-state index in [1.54, 1.807) is 0 Å². The van der Waals surface area contributed by atoms with Gasteiger partial charge in [-0.05, 0) is 19.3 Å². The summed E-state index contributed by atoms with van der Waals surface area (Å²) >= 11 is 0. The molecule has 1 aliphatic rings. The molecule has 0 unspecified atom stereocenters. The molecule has 0 radical (unpaired) electrons. The summed E-state index contributed by atoms with van der Waals surface area (Å²) in [6.07, 6.45) is 3.65. The number of carboxylic acid groups (broad SMARTS) is 1. The maximum atomic E-state index is 10.5. The number of carbonyl (C=O) groups is 1. The van der Waals surface area contributed by atoms with E-state index in [1.807, 2.05) is 6.92 Å². The first kappa shape index (κ1) is 9.96. The van der Waals surface area contributed by atoms with Gasteiger partial charge in [0.15, 0.2) is 0 Å². The number of carboxylic acids is 1. The van der Waals surface area contributed by atoms with Gasteiger partial charge in [-0.15, -0.1) is 0 Å². The second kappa shape index (κ2) is 3.97. The maximum absolute atomic E-state index is 10.5. The number of rotatable bonds is 3. The van der Waals surface area contributed by atoms with Crippen molar-refractivity contribution in [3.8, 4) is 6.57 Å². The van der Waals surface area contributed by atoms with E-state index in [0.717, 1.165) is 25.7 Å². The fourth-order valence-electron chi connectivity index (χ4n) is 1.20. The quantitative estimate of drug-likeness (QED) is 0.675. The van der Waals surface area contributed by atoms with Crippen LogP contribution in [0, 0.1) is 17.2 Å². The molecule has 1 fully saturated rings. The lowest BCUT2D eigenvalue weighted by atomic mass is 10.0. The molecule has 0 spiro atoms. The van der Waals surface area contributed by atoms with Gasteiger partial charge in [0.05, 0.1) is 5.41 Å². The van der Waals surface area contributed by atoms with Crippen LogP contribution in [-0.2, 0) is 4.79 Å². The normalized spacial score (nSPS) is 17.7. The second-order valence-electron chi connectivity index (χ2n) is 2.84. The van der Waals surface area contributed by atoms with E-state index >= 15 is 0 Å². The molecular weight excluding hydrogens is 142 g/mol. The lowest BCUT2D eigenvalue weighted by Gasteiger charge is -2.04. The van der Waals surface area contributed by atoms with Crippen molar-refractivity contribution in [2.75, 3.05) is 0 Å². The summed E-state index contributed by atoms with van der Waals surface area (Å²) in [5.41, 5.74) is -0.283. The third-order valence-electron chi connectivity index (χ3n) is 2.04. The average molecular weight is 155 g/mol. The molecule has 1 rings (SSSR count). The van der Waals surface area contributed by atoms with Crippen LogP contribution >= 0.6 is 0 Å². The predicted octanol–water partition coefficient (Wildman–Crippen LogP) is 1.79. The van der Waals surface area contributed by atoms with Crippen molar-refractivity contribution in [1.82, 2.24) is 0 Å². The van der Waals surface area contributed by atoms with E-state index in [-0.39, 0.29) is 5.41 Å². The number of hydrogen-bond acceptors (Lipinski definition) is 2. The Labute approximate surface area is 66.6 Å². The molecule has 0 aliphatic heterocycles. The van der Waals surface area contributed by atoms with Crippen molar-refractivity contribution in [2.24, 2.45) is 5.41 Å². The number of hydrogen-bond donors (Lipinski definition) is 1. The minimum atomic E-state index is -0.593. The van der Waals surface area contributed by atoms with Gasteiger partial charge in [-0.1, -0.05) is 13.3 Å². The first-order chi connectivity index (χ1) is 5.21. The van der Waals surface area contributed by atoms with E-state index < -0.39 is 5.97 Å². The zero-order chi connectivity index (χ0) is 8.91. The third kappa shape index (κ3) is 2.23. The summed E-state index contributed by atoms with van der Waals surface area (Å²) in [5.74, 6) is -0.593. The molecule has 0 aromatic carbocycles. The molecule has 3 nitrogen and oxygen atoms in total. The summed E-state index contributed by atoms with van der Waals surface area (Å²) in [7, 11) is 0. The lowest BCUT2D eigenvalue weighted by Crippen LogP contribution is -2.13. The Morgan fingerprint density at radius 3 is 2.18 bits per heavy atom. The minimum Gasteiger partial charge on any atom is -0.481 e. The van der Waals surface area contributed by atoms with Crippen LogP contribution < -0.4 is 0 Å². The average Bonchev–Trinajstić information content (AvgIpc) is 2.75. The Morgan fingerprint density at radius 1 is 1.64 bits per heavy atom. The highest BCUT2D eigenvalue weighted by atomic mass is 16.4. The Kier molecular flexibility index (Phi) is 3.59. The van der Waals surface area contributed by atoms with Crippen LogP contribution in [0.2, 0.25) is 0 Å². The Balaban J connectivity index is 0.000000461. The Bertz CT molecular complexity index is 159. The van der Waals surface area contributed by atoms with Crippen molar-refractivity contribution in [3.63, 3.8) is 0 Å². The largest absolute Gasteiger partial charge is 0.481 e. The SMILES string of the molecule is C#N.CCCC1(C(=O)O)CC1. The maximum Gasteiger partial charge on any atom is 0.309 e. The standard InChI is InChI=1S/C7H12O2.CHN/c1-2-3-7(4-5-7)6(8)9;1-2/h2-5H2,1H3,(H,8,9);1H. The van der Waals surface area contributed by atoms with Crippen molar-refractivity contribution >= 4 is 5.97 Å². The number of aliphatic carboxylic acids is 1. The van der Waals surface area contributed by atoms with Crippen LogP contribution in [0.4, 0.5) is 0 Å². The lowest BCUT2D eigenvalue weighted by molar-refractivity contribution is -0.143. The molecule has 0 aromatic rings. The molecule has 0 atom stereocenters. The fraction of sp³-hybridized carbons (Fsp3) is 0.750. The van der Waals surface area contributed by atoms with Crippen molar-refractivity contribution in [3.05, 3.63) is 0 Å². The molecule has 0 bridgehead atoms. The van der Waals surface area contributed by atoms with Gasteiger partial charge in [-0.25, -0.2) is 5.26 Å². The van der Waals surface area contributed by atoms with Gasteiger partial charge in [0.1, 0.15) is 0 Å². The van der Waals surface area contributed by atoms with Gasteiger partial charge < -0.3 is 5.11 Å². The van der Waals surface area contributed by atoms with E-state index in [9.17, 15) is 4.79 Å². The second-order valence-corrected chi connectivity index (χ2v) is 2.84. The number of nitriles is 1. The molecule has 11 heavy (non-hydrogen) atoms. The van der Waals surface area contributed by atoms with Gasteiger partial charge >= 0.3 is 5.97 Å². The molecule has 3 heteroatoms. The molecule has 1 saturated carbocycles. The van der Waals surface area contributed by atoms with Crippen LogP contribution in [0.15, 0.2) is 0 Å². The van der Waals surface area contributed by atoms with Crippen LogP contribution in [0.3, 0.4) is 0 Å². The molecule has 0 aromatic heterocycles. The summed E-state index contributed by atoms with van der Waals surface area (Å²) in [5, 5.41) is 15.1. The Hall–Kier alpha value is -1.04. The number of nitrogens with zero attached hydrogens (tertiary/aromatic N) is 1. The van der Waals surface area contributed by atoms with E-state index in [0.29, 0.717) is 0 Å². The minimum absolute atomic E-state index is 0.283. The van der Waals surface area contributed by atoms with Crippen LogP contribution in [0.1, 0.15) is 32.6 Å². The highest BCUT2D eigenvalue weighted by molar-refractivity contribution is 5.77. The van der Waals surface area contributed by atoms with Gasteiger partial charge in [0.2, 0.25) is 0 Å². The van der Waals surface area contributed by atoms with Crippen LogP contribution in [0.25, 0.3) is 0 Å². The highest BCUT2D eigenvalue weighted by Gasteiger charge is 2.48. The monoisotopic (exact) mass is 155 g/mol.